The van der Waals surface area contributed by atoms with Crippen LogP contribution in [-0.4, -0.2) is 77.4 Å². The number of carbonyl (C=O) groups is 1. The van der Waals surface area contributed by atoms with E-state index in [0.717, 1.165) is 42.8 Å². The minimum absolute atomic E-state index is 0.0932. The van der Waals surface area contributed by atoms with Gasteiger partial charge < -0.3 is 24.2 Å². The Morgan fingerprint density at radius 1 is 1.15 bits per heavy atom. The van der Waals surface area contributed by atoms with Gasteiger partial charge in [0.2, 0.25) is 10.0 Å². The number of methoxy groups -OCH3 is 1. The number of halogens is 1. The molecule has 1 fully saturated rings. The molecule has 256 valence electrons. The molecule has 2 N–H and O–H groups in total. The van der Waals surface area contributed by atoms with E-state index in [4.69, 9.17) is 25.8 Å². The number of hydrogen-bond acceptors (Lipinski definition) is 8. The van der Waals surface area contributed by atoms with Crippen molar-refractivity contribution < 1.29 is 32.5 Å². The summed E-state index contributed by atoms with van der Waals surface area (Å²) in [6.45, 7) is 4.69. The Balaban J connectivity index is 1.35. The quantitative estimate of drug-likeness (QED) is 0.312. The summed E-state index contributed by atoms with van der Waals surface area (Å²) in [6, 6.07) is 11.4. The number of aryl methyl sites for hydroxylation is 1. The molecule has 4 aliphatic rings. The van der Waals surface area contributed by atoms with Gasteiger partial charge in [-0.3, -0.25) is 4.79 Å². The lowest BCUT2D eigenvalue weighted by Crippen LogP contribution is -2.49. The lowest BCUT2D eigenvalue weighted by molar-refractivity contribution is 0.0455. The highest BCUT2D eigenvalue weighted by Gasteiger charge is 2.44. The van der Waals surface area contributed by atoms with Crippen LogP contribution in [0.2, 0.25) is 5.02 Å². The number of rotatable bonds is 6. The Morgan fingerprint density at radius 2 is 2.00 bits per heavy atom. The van der Waals surface area contributed by atoms with Crippen LogP contribution in [0.1, 0.15) is 66.9 Å². The van der Waals surface area contributed by atoms with E-state index in [9.17, 15) is 18.3 Å². The highest BCUT2D eigenvalue weighted by Crippen LogP contribution is 2.46. The number of sulfonamides is 1. The molecule has 6 rings (SSSR count). The number of anilines is 1. The first-order valence-corrected chi connectivity index (χ1v) is 18.8. The third-order valence-corrected chi connectivity index (χ3v) is 13.0. The van der Waals surface area contributed by atoms with E-state index >= 15 is 0 Å². The zero-order valence-electron chi connectivity index (χ0n) is 27.3. The van der Waals surface area contributed by atoms with Crippen LogP contribution in [0, 0.1) is 17.8 Å². The molecule has 0 aromatic heterocycles. The summed E-state index contributed by atoms with van der Waals surface area (Å²) >= 11 is 6.41. The lowest BCUT2D eigenvalue weighted by Gasteiger charge is -2.45. The van der Waals surface area contributed by atoms with Gasteiger partial charge in [0.1, 0.15) is 5.75 Å². The van der Waals surface area contributed by atoms with Crippen LogP contribution in [0.4, 0.5) is 5.69 Å². The van der Waals surface area contributed by atoms with E-state index in [1.165, 1.54) is 11.1 Å². The maximum absolute atomic E-state index is 13.8. The lowest BCUT2D eigenvalue weighted by atomic mass is 9.68. The summed E-state index contributed by atoms with van der Waals surface area (Å²) in [7, 11) is -2.50. The summed E-state index contributed by atoms with van der Waals surface area (Å²) < 4.78 is 47.1. The first kappa shape index (κ1) is 34.2. The van der Waals surface area contributed by atoms with Crippen molar-refractivity contribution in [2.24, 2.45) is 17.8 Å². The Morgan fingerprint density at radius 3 is 2.79 bits per heavy atom. The van der Waals surface area contributed by atoms with E-state index in [2.05, 4.69) is 21.8 Å². The molecule has 2 aromatic carbocycles. The summed E-state index contributed by atoms with van der Waals surface area (Å²) in [5.41, 5.74) is 3.24. The van der Waals surface area contributed by atoms with Crippen molar-refractivity contribution in [2.45, 2.75) is 68.6 Å². The molecule has 9 nitrogen and oxygen atoms in total. The molecular weight excluding hydrogens is 640 g/mol. The molecule has 0 unspecified atom stereocenters. The fourth-order valence-electron chi connectivity index (χ4n) is 7.99. The third kappa shape index (κ3) is 7.37. The fourth-order valence-corrected chi connectivity index (χ4v) is 9.84. The van der Waals surface area contributed by atoms with Crippen LogP contribution in [0.5, 0.6) is 5.75 Å². The van der Waals surface area contributed by atoms with Crippen LogP contribution < -0.4 is 14.4 Å². The van der Waals surface area contributed by atoms with E-state index < -0.39 is 27.3 Å². The van der Waals surface area contributed by atoms with Crippen molar-refractivity contribution in [1.82, 2.24) is 4.72 Å². The van der Waals surface area contributed by atoms with Gasteiger partial charge in [0.15, 0.2) is 0 Å². The number of aliphatic hydroxyl groups excluding tert-OH is 1. The molecule has 0 radical (unpaired) electrons. The predicted octanol–water partition coefficient (Wildman–Crippen LogP) is 5.28. The van der Waals surface area contributed by atoms with Crippen molar-refractivity contribution >= 4 is 33.2 Å². The summed E-state index contributed by atoms with van der Waals surface area (Å²) in [6.07, 6.45) is 8.62. The predicted molar refractivity (Wildman–Crippen MR) is 183 cm³/mol. The Kier molecular flexibility index (Phi) is 10.5. The van der Waals surface area contributed by atoms with Crippen LogP contribution in [-0.2, 0) is 31.3 Å². The summed E-state index contributed by atoms with van der Waals surface area (Å²) in [5.74, 6) is 0.0306. The second-order valence-corrected chi connectivity index (χ2v) is 16.2. The maximum atomic E-state index is 13.8. The molecule has 2 aromatic rings. The molecule has 11 heteroatoms. The van der Waals surface area contributed by atoms with Gasteiger partial charge in [-0.1, -0.05) is 36.7 Å². The minimum Gasteiger partial charge on any atom is -0.490 e. The van der Waals surface area contributed by atoms with Crippen LogP contribution in [0.25, 0.3) is 0 Å². The van der Waals surface area contributed by atoms with E-state index in [1.54, 1.807) is 25.3 Å². The highest BCUT2D eigenvalue weighted by molar-refractivity contribution is 7.90. The first-order valence-electron chi connectivity index (χ1n) is 16.9. The molecule has 6 atom stereocenters. The molecule has 1 saturated carbocycles. The van der Waals surface area contributed by atoms with Crippen LogP contribution in [0.15, 0.2) is 48.6 Å². The number of allylic oxidation sites excluding steroid dienone is 1. The number of nitrogens with one attached hydrogen (secondary N) is 1. The number of ether oxygens (including phenoxy) is 3. The molecule has 2 heterocycles. The topological polar surface area (TPSA) is 114 Å². The number of nitrogens with zero attached hydrogens (tertiary/aromatic N) is 1. The van der Waals surface area contributed by atoms with Gasteiger partial charge in [0.05, 0.1) is 36.9 Å². The van der Waals surface area contributed by atoms with Crippen LogP contribution >= 0.6 is 11.6 Å². The normalized spacial score (nSPS) is 31.0. The molecule has 1 spiro atoms. The highest BCUT2D eigenvalue weighted by atomic mass is 35.5. The number of hydrogen-bond donors (Lipinski definition) is 2. The number of carbonyl (C=O) groups excluding carboxylic acids is 1. The van der Waals surface area contributed by atoms with Crippen molar-refractivity contribution in [3.63, 3.8) is 0 Å². The third-order valence-electron chi connectivity index (χ3n) is 10.8. The van der Waals surface area contributed by atoms with Crippen molar-refractivity contribution in [1.29, 1.82) is 0 Å². The Bertz CT molecular complexity index is 1580. The number of benzene rings is 2. The van der Waals surface area contributed by atoms with E-state index in [1.807, 2.05) is 25.1 Å². The largest absolute Gasteiger partial charge is 0.490 e. The van der Waals surface area contributed by atoms with E-state index in [-0.39, 0.29) is 41.8 Å². The van der Waals surface area contributed by atoms with Crippen molar-refractivity contribution in [2.75, 3.05) is 51.5 Å². The van der Waals surface area contributed by atoms with E-state index in [0.29, 0.717) is 45.1 Å². The van der Waals surface area contributed by atoms with Crippen LogP contribution in [0.3, 0.4) is 0 Å². The summed E-state index contributed by atoms with van der Waals surface area (Å²) in [5, 5.41) is 11.1. The molecular formula is C36H47ClN2O7S. The Labute approximate surface area is 283 Å². The van der Waals surface area contributed by atoms with Gasteiger partial charge in [-0.2, -0.15) is 0 Å². The second kappa shape index (κ2) is 14.5. The minimum atomic E-state index is -4.08. The maximum Gasteiger partial charge on any atom is 0.264 e. The van der Waals surface area contributed by atoms with Crippen molar-refractivity contribution in [3.05, 3.63) is 70.3 Å². The number of aliphatic hydroxyl groups is 1. The average Bonchev–Trinajstić information content (AvgIpc) is 3.17. The average molecular weight is 687 g/mol. The molecule has 1 amide bonds. The van der Waals surface area contributed by atoms with Gasteiger partial charge >= 0.3 is 0 Å². The monoisotopic (exact) mass is 686 g/mol. The Hall–Kier alpha value is -2.63. The standard InChI is InChI=1S/C36H47ClN2O7S/c1-24-5-3-7-32(40)29-11-8-27(29)21-39-22-36(15-4-6-25-19-28(37)10-12-30(25)36)23-46-33-13-9-26(20-31(33)39)35(41)38-47(42,43)34(24)14-16-45-18-17-44-2/h3,7,9-10,12-13,19-20,24,27,29,32,34,40H,4-6,8,11,14-18,21-23H2,1-2H3,(H,38,41)/b7-3-/t24-,27-,29+,32+,34+,36-/m0/s1. The zero-order chi connectivity index (χ0) is 33.2. The van der Waals surface area contributed by atoms with Gasteiger partial charge in [-0.15, -0.1) is 0 Å². The van der Waals surface area contributed by atoms with Gasteiger partial charge in [0.25, 0.3) is 5.91 Å². The molecule has 2 bridgehead atoms. The molecule has 2 aliphatic carbocycles. The molecule has 0 saturated heterocycles. The SMILES string of the molecule is COCCOCC[C@@H]1[C@@H](C)C/C=C\[C@@H](O)[C@@H]2CC[C@H]2CN2C[C@@]3(CCCc4cc(Cl)ccc43)COc3ccc(cc32)C(=O)NS1(=O)=O. The number of amides is 1. The van der Waals surface area contributed by atoms with Gasteiger partial charge in [-0.25, -0.2) is 13.1 Å². The molecule has 47 heavy (non-hydrogen) atoms. The first-order chi connectivity index (χ1) is 22.6. The second-order valence-electron chi connectivity index (χ2n) is 13.8. The summed E-state index contributed by atoms with van der Waals surface area (Å²) in [4.78, 5) is 16.0. The smallest absolute Gasteiger partial charge is 0.264 e. The van der Waals surface area contributed by atoms with Gasteiger partial charge in [-0.05, 0) is 104 Å². The zero-order valence-corrected chi connectivity index (χ0v) is 28.9. The van der Waals surface area contributed by atoms with Crippen molar-refractivity contribution in [3.8, 4) is 5.75 Å². The fraction of sp³-hybridized carbons (Fsp3) is 0.583. The number of fused-ring (bicyclic) bond motifs is 4. The van der Waals surface area contributed by atoms with Gasteiger partial charge in [0, 0.05) is 42.8 Å². The molecule has 2 aliphatic heterocycles.